The summed E-state index contributed by atoms with van der Waals surface area (Å²) >= 11 is 0. The average Bonchev–Trinajstić information content (AvgIpc) is 2.51. The first-order valence-corrected chi connectivity index (χ1v) is 6.73. The van der Waals surface area contributed by atoms with Gasteiger partial charge in [-0.1, -0.05) is 24.3 Å². The fourth-order valence-electron chi connectivity index (χ4n) is 2.61. The van der Waals surface area contributed by atoms with E-state index >= 15 is 0 Å². The number of nitrogens with two attached hydrogens (primary N) is 1. The van der Waals surface area contributed by atoms with Crippen LogP contribution >= 0.6 is 0 Å². The van der Waals surface area contributed by atoms with Gasteiger partial charge in [-0.25, -0.2) is 13.2 Å². The first kappa shape index (κ1) is 13.9. The summed E-state index contributed by atoms with van der Waals surface area (Å²) < 4.78 is 45.9. The van der Waals surface area contributed by atoms with Crippen LogP contribution in [0, 0.1) is 17.5 Å². The van der Waals surface area contributed by atoms with Crippen molar-refractivity contribution in [1.29, 1.82) is 0 Å². The summed E-state index contributed by atoms with van der Waals surface area (Å²) in [6.07, 6.45) is 1.77. The second kappa shape index (κ2) is 5.41. The van der Waals surface area contributed by atoms with Gasteiger partial charge in [-0.15, -0.1) is 0 Å². The Morgan fingerprint density at radius 3 is 2.62 bits per heavy atom. The van der Waals surface area contributed by atoms with Crippen LogP contribution in [0.2, 0.25) is 0 Å². The van der Waals surface area contributed by atoms with Crippen molar-refractivity contribution in [3.05, 3.63) is 64.5 Å². The summed E-state index contributed by atoms with van der Waals surface area (Å²) in [7, 11) is 0. The third kappa shape index (κ3) is 2.38. The van der Waals surface area contributed by atoms with Crippen LogP contribution in [0.25, 0.3) is 0 Å². The number of benzene rings is 2. The number of fused-ring (bicyclic) bond motifs is 1. The summed E-state index contributed by atoms with van der Waals surface area (Å²) in [5.74, 6) is -3.36. The molecule has 21 heavy (non-hydrogen) atoms. The number of hydrogen-bond acceptors (Lipinski definition) is 2. The predicted octanol–water partition coefficient (Wildman–Crippen LogP) is 3.48. The van der Waals surface area contributed by atoms with Crippen molar-refractivity contribution in [3.8, 4) is 5.75 Å². The average molecular weight is 293 g/mol. The van der Waals surface area contributed by atoms with E-state index in [2.05, 4.69) is 0 Å². The molecule has 3 rings (SSSR count). The molecule has 0 saturated heterocycles. The van der Waals surface area contributed by atoms with Crippen LogP contribution < -0.4 is 10.5 Å². The van der Waals surface area contributed by atoms with Crippen molar-refractivity contribution in [1.82, 2.24) is 0 Å². The molecule has 1 aliphatic rings. The van der Waals surface area contributed by atoms with Gasteiger partial charge >= 0.3 is 0 Å². The van der Waals surface area contributed by atoms with Crippen molar-refractivity contribution in [3.63, 3.8) is 0 Å². The molecule has 110 valence electrons. The summed E-state index contributed by atoms with van der Waals surface area (Å²) in [5.41, 5.74) is 7.54. The predicted molar refractivity (Wildman–Crippen MR) is 72.6 cm³/mol. The van der Waals surface area contributed by atoms with Crippen LogP contribution in [0.5, 0.6) is 5.75 Å². The molecule has 0 amide bonds. The highest BCUT2D eigenvalue weighted by molar-refractivity contribution is 5.47. The maximum atomic E-state index is 13.9. The lowest BCUT2D eigenvalue weighted by Crippen LogP contribution is -2.19. The quantitative estimate of drug-likeness (QED) is 0.860. The van der Waals surface area contributed by atoms with Gasteiger partial charge in [0.25, 0.3) is 0 Å². The van der Waals surface area contributed by atoms with Crippen molar-refractivity contribution >= 4 is 0 Å². The highest BCUT2D eigenvalue weighted by atomic mass is 19.2. The maximum absolute atomic E-state index is 13.9. The smallest absolute Gasteiger partial charge is 0.194 e. The van der Waals surface area contributed by atoms with Gasteiger partial charge in [0.2, 0.25) is 0 Å². The topological polar surface area (TPSA) is 35.2 Å². The van der Waals surface area contributed by atoms with Crippen LogP contribution in [-0.4, -0.2) is 6.61 Å². The van der Waals surface area contributed by atoms with Gasteiger partial charge in [0.15, 0.2) is 17.5 Å². The van der Waals surface area contributed by atoms with E-state index < -0.39 is 23.5 Å². The number of para-hydroxylation sites is 1. The van der Waals surface area contributed by atoms with Gasteiger partial charge < -0.3 is 10.5 Å². The third-order valence-electron chi connectivity index (χ3n) is 3.70. The molecule has 1 aliphatic heterocycles. The molecule has 0 radical (unpaired) electrons. The summed E-state index contributed by atoms with van der Waals surface area (Å²) in [6, 6.07) is 6.58. The monoisotopic (exact) mass is 293 g/mol. The first-order valence-electron chi connectivity index (χ1n) is 6.73. The van der Waals surface area contributed by atoms with E-state index in [1.807, 2.05) is 6.07 Å². The molecular formula is C16H14F3NO. The molecule has 0 saturated carbocycles. The maximum Gasteiger partial charge on any atom is 0.194 e. The zero-order chi connectivity index (χ0) is 15.0. The van der Waals surface area contributed by atoms with Crippen molar-refractivity contribution in [2.24, 2.45) is 5.73 Å². The van der Waals surface area contributed by atoms with E-state index in [4.69, 9.17) is 10.5 Å². The summed E-state index contributed by atoms with van der Waals surface area (Å²) in [6.45, 7) is 0.566. The number of hydrogen-bond donors (Lipinski definition) is 1. The molecule has 1 unspecified atom stereocenters. The van der Waals surface area contributed by atoms with Crippen LogP contribution in [0.15, 0.2) is 30.3 Å². The third-order valence-corrected chi connectivity index (χ3v) is 3.70. The molecule has 2 nitrogen and oxygen atoms in total. The van der Waals surface area contributed by atoms with Gasteiger partial charge in [-0.3, -0.25) is 0 Å². The fraction of sp³-hybridized carbons (Fsp3) is 0.250. The summed E-state index contributed by atoms with van der Waals surface area (Å²) in [4.78, 5) is 0. The Morgan fingerprint density at radius 1 is 1.00 bits per heavy atom. The van der Waals surface area contributed by atoms with Crippen LogP contribution in [-0.2, 0) is 6.42 Å². The van der Waals surface area contributed by atoms with Gasteiger partial charge in [0, 0.05) is 11.1 Å². The number of aryl methyl sites for hydroxylation is 1. The first-order chi connectivity index (χ1) is 10.1. The minimum Gasteiger partial charge on any atom is -0.493 e. The largest absolute Gasteiger partial charge is 0.493 e. The lowest BCUT2D eigenvalue weighted by Gasteiger charge is -2.23. The minimum absolute atomic E-state index is 0.0866. The van der Waals surface area contributed by atoms with Gasteiger partial charge in [-0.05, 0) is 24.5 Å². The highest BCUT2D eigenvalue weighted by Gasteiger charge is 2.24. The molecule has 2 aromatic rings. The Hall–Kier alpha value is -2.01. The Morgan fingerprint density at radius 2 is 1.81 bits per heavy atom. The van der Waals surface area contributed by atoms with Gasteiger partial charge in [0.05, 0.1) is 12.6 Å². The number of halogens is 3. The second-order valence-corrected chi connectivity index (χ2v) is 5.03. The van der Waals surface area contributed by atoms with Crippen molar-refractivity contribution < 1.29 is 17.9 Å². The molecule has 0 fully saturated rings. The van der Waals surface area contributed by atoms with E-state index in [9.17, 15) is 13.2 Å². The molecule has 0 aliphatic carbocycles. The Bertz CT molecular complexity index is 687. The molecule has 0 spiro atoms. The van der Waals surface area contributed by atoms with E-state index in [1.54, 1.807) is 12.1 Å². The van der Waals surface area contributed by atoms with Crippen LogP contribution in [0.1, 0.15) is 29.2 Å². The van der Waals surface area contributed by atoms with E-state index in [0.717, 1.165) is 24.5 Å². The lowest BCUT2D eigenvalue weighted by atomic mass is 9.94. The van der Waals surface area contributed by atoms with Crippen LogP contribution in [0.3, 0.4) is 0 Å². The molecule has 1 atom stereocenters. The van der Waals surface area contributed by atoms with Crippen LogP contribution in [0.4, 0.5) is 13.2 Å². The van der Waals surface area contributed by atoms with Crippen molar-refractivity contribution in [2.75, 3.05) is 6.61 Å². The molecular weight excluding hydrogens is 279 g/mol. The Labute approximate surface area is 120 Å². The number of ether oxygens (including phenoxy) is 1. The zero-order valence-electron chi connectivity index (χ0n) is 11.2. The zero-order valence-corrected chi connectivity index (χ0v) is 11.2. The Balaban J connectivity index is 2.07. The molecule has 0 aromatic heterocycles. The highest BCUT2D eigenvalue weighted by Crippen LogP contribution is 2.35. The minimum atomic E-state index is -1.51. The molecule has 2 N–H and O–H groups in total. The molecule has 5 heteroatoms. The number of rotatable bonds is 2. The normalized spacial score (nSPS) is 15.2. The Kier molecular flexibility index (Phi) is 3.59. The van der Waals surface area contributed by atoms with Gasteiger partial charge in [-0.2, -0.15) is 0 Å². The van der Waals surface area contributed by atoms with Gasteiger partial charge in [0.1, 0.15) is 5.75 Å². The second-order valence-electron chi connectivity index (χ2n) is 5.03. The molecule has 0 bridgehead atoms. The standard InChI is InChI=1S/C16H14F3NO/c17-12-7-6-10(13(18)14(12)19)15(20)11-5-1-3-9-4-2-8-21-16(9)11/h1,3,5-7,15H,2,4,8,20H2. The fourth-order valence-corrected chi connectivity index (χ4v) is 2.61. The lowest BCUT2D eigenvalue weighted by molar-refractivity contribution is 0.284. The summed E-state index contributed by atoms with van der Waals surface area (Å²) in [5, 5.41) is 0. The van der Waals surface area contributed by atoms with Crippen molar-refractivity contribution in [2.45, 2.75) is 18.9 Å². The van der Waals surface area contributed by atoms with E-state index in [0.29, 0.717) is 17.9 Å². The van der Waals surface area contributed by atoms with E-state index in [1.165, 1.54) is 6.07 Å². The molecule has 2 aromatic carbocycles. The van der Waals surface area contributed by atoms with E-state index in [-0.39, 0.29) is 5.56 Å². The SMILES string of the molecule is NC(c1ccc(F)c(F)c1F)c1cccc2c1OCCC2. The molecule has 1 heterocycles.